The van der Waals surface area contributed by atoms with Gasteiger partial charge in [0.2, 0.25) is 0 Å². The molecule has 0 aliphatic heterocycles. The van der Waals surface area contributed by atoms with Crippen LogP contribution < -0.4 is 16.0 Å². The van der Waals surface area contributed by atoms with E-state index in [-0.39, 0.29) is 5.56 Å². The van der Waals surface area contributed by atoms with E-state index < -0.39 is 0 Å². The molecule has 4 nitrogen and oxygen atoms in total. The second kappa shape index (κ2) is 6.75. The highest BCUT2D eigenvalue weighted by molar-refractivity contribution is 6.31. The Labute approximate surface area is 139 Å². The Kier molecular flexibility index (Phi) is 4.53. The van der Waals surface area contributed by atoms with E-state index in [9.17, 15) is 4.79 Å². The van der Waals surface area contributed by atoms with E-state index in [1.807, 2.05) is 18.2 Å². The van der Waals surface area contributed by atoms with Crippen LogP contribution in [-0.2, 0) is 6.54 Å². The number of pyridine rings is 1. The topological polar surface area (TPSA) is 57.2 Å². The minimum atomic E-state index is -0.00773. The molecule has 1 heterocycles. The molecule has 0 aliphatic carbocycles. The molecule has 5 heteroatoms. The Bertz CT molecular complexity index is 872. The summed E-state index contributed by atoms with van der Waals surface area (Å²) in [4.78, 5) is 12.4. The first-order valence-corrected chi connectivity index (χ1v) is 7.78. The molecule has 0 aliphatic rings. The van der Waals surface area contributed by atoms with E-state index in [1.165, 1.54) is 0 Å². The third kappa shape index (κ3) is 3.66. The van der Waals surface area contributed by atoms with Crippen LogP contribution in [0.5, 0.6) is 5.75 Å². The fourth-order valence-corrected chi connectivity index (χ4v) is 2.60. The Morgan fingerprint density at radius 1 is 1.09 bits per heavy atom. The fraction of sp³-hybridized carbons (Fsp3) is 0.167. The summed E-state index contributed by atoms with van der Waals surface area (Å²) in [7, 11) is 0. The van der Waals surface area contributed by atoms with Gasteiger partial charge < -0.3 is 15.0 Å². The number of fused-ring (bicyclic) bond motifs is 1. The zero-order valence-electron chi connectivity index (χ0n) is 12.5. The number of anilines is 1. The molecule has 0 unspecified atom stereocenters. The quantitative estimate of drug-likeness (QED) is 0.574. The summed E-state index contributed by atoms with van der Waals surface area (Å²) >= 11 is 5.95. The maximum absolute atomic E-state index is 12.4. The molecule has 1 aromatic heterocycles. The van der Waals surface area contributed by atoms with Gasteiger partial charge in [0.1, 0.15) is 5.75 Å². The van der Waals surface area contributed by atoms with Gasteiger partial charge in [-0.05, 0) is 60.3 Å². The zero-order chi connectivity index (χ0) is 16.2. The molecule has 3 aromatic rings. The number of hydrogen-bond donors (Lipinski definition) is 1. The lowest BCUT2D eigenvalue weighted by molar-refractivity contribution is 0.301. The van der Waals surface area contributed by atoms with Crippen molar-refractivity contribution in [2.75, 3.05) is 12.3 Å². The van der Waals surface area contributed by atoms with Crippen molar-refractivity contribution in [1.29, 1.82) is 0 Å². The van der Waals surface area contributed by atoms with Crippen molar-refractivity contribution in [3.63, 3.8) is 0 Å². The molecule has 0 saturated carbocycles. The Hall–Kier alpha value is -2.46. The van der Waals surface area contributed by atoms with Gasteiger partial charge >= 0.3 is 0 Å². The predicted octanol–water partition coefficient (Wildman–Crippen LogP) is 3.71. The molecule has 0 atom stereocenters. The van der Waals surface area contributed by atoms with E-state index >= 15 is 0 Å². The molecule has 23 heavy (non-hydrogen) atoms. The molecule has 0 bridgehead atoms. The first-order valence-electron chi connectivity index (χ1n) is 7.40. The number of aromatic nitrogens is 1. The average molecular weight is 329 g/mol. The minimum absolute atomic E-state index is 0.00773. The number of nitrogen functional groups attached to an aromatic ring is 1. The number of rotatable bonds is 5. The van der Waals surface area contributed by atoms with E-state index in [0.717, 1.165) is 17.6 Å². The number of ether oxygens (including phenoxy) is 1. The fourth-order valence-electron chi connectivity index (χ4n) is 2.42. The monoisotopic (exact) mass is 328 g/mol. The molecule has 118 valence electrons. The van der Waals surface area contributed by atoms with Gasteiger partial charge in [0.05, 0.1) is 6.61 Å². The van der Waals surface area contributed by atoms with Crippen LogP contribution in [0.3, 0.4) is 0 Å². The van der Waals surface area contributed by atoms with Gasteiger partial charge in [-0.1, -0.05) is 11.6 Å². The van der Waals surface area contributed by atoms with Crippen LogP contribution in [0.1, 0.15) is 6.42 Å². The van der Waals surface area contributed by atoms with Crippen molar-refractivity contribution < 1.29 is 4.74 Å². The smallest absolute Gasteiger partial charge is 0.258 e. The molecule has 0 spiro atoms. The van der Waals surface area contributed by atoms with Crippen molar-refractivity contribution in [3.8, 4) is 5.75 Å². The molecule has 0 saturated heterocycles. The third-order valence-electron chi connectivity index (χ3n) is 3.63. The highest BCUT2D eigenvalue weighted by Crippen LogP contribution is 2.16. The normalized spacial score (nSPS) is 10.8. The van der Waals surface area contributed by atoms with Crippen LogP contribution in [-0.4, -0.2) is 11.2 Å². The van der Waals surface area contributed by atoms with Gasteiger partial charge in [-0.3, -0.25) is 4.79 Å². The zero-order valence-corrected chi connectivity index (χ0v) is 13.3. The highest BCUT2D eigenvalue weighted by atomic mass is 35.5. The maximum atomic E-state index is 12.4. The lowest BCUT2D eigenvalue weighted by Crippen LogP contribution is -2.20. The molecular formula is C18H17ClN2O2. The van der Waals surface area contributed by atoms with Crippen molar-refractivity contribution in [3.05, 3.63) is 70.1 Å². The minimum Gasteiger partial charge on any atom is -0.494 e. The number of halogens is 1. The Morgan fingerprint density at radius 2 is 1.87 bits per heavy atom. The van der Waals surface area contributed by atoms with E-state index in [2.05, 4.69) is 0 Å². The maximum Gasteiger partial charge on any atom is 0.258 e. The first kappa shape index (κ1) is 15.4. The SMILES string of the molecule is Nc1ccc(OCCCn2ccc3cc(Cl)ccc3c2=O)cc1. The second-order valence-electron chi connectivity index (χ2n) is 5.32. The van der Waals surface area contributed by atoms with Gasteiger partial charge in [0.25, 0.3) is 5.56 Å². The molecular weight excluding hydrogens is 312 g/mol. The van der Waals surface area contributed by atoms with Crippen molar-refractivity contribution >= 4 is 28.1 Å². The largest absolute Gasteiger partial charge is 0.494 e. The molecule has 2 aromatic carbocycles. The molecule has 0 fully saturated rings. The molecule has 0 radical (unpaired) electrons. The summed E-state index contributed by atoms with van der Waals surface area (Å²) in [6, 6.07) is 14.5. The molecule has 2 N–H and O–H groups in total. The predicted molar refractivity (Wildman–Crippen MR) is 94.2 cm³/mol. The number of nitrogens with two attached hydrogens (primary N) is 1. The van der Waals surface area contributed by atoms with E-state index in [4.69, 9.17) is 22.1 Å². The van der Waals surface area contributed by atoms with Gasteiger partial charge in [-0.15, -0.1) is 0 Å². The van der Waals surface area contributed by atoms with Gasteiger partial charge in [0.15, 0.2) is 0 Å². The summed E-state index contributed by atoms with van der Waals surface area (Å²) in [6.45, 7) is 1.14. The van der Waals surface area contributed by atoms with Crippen molar-refractivity contribution in [2.24, 2.45) is 0 Å². The van der Waals surface area contributed by atoms with E-state index in [1.54, 1.807) is 41.1 Å². The second-order valence-corrected chi connectivity index (χ2v) is 5.75. The Balaban J connectivity index is 1.63. The van der Waals surface area contributed by atoms with Crippen LogP contribution in [0.15, 0.2) is 59.5 Å². The van der Waals surface area contributed by atoms with Crippen LogP contribution in [0, 0.1) is 0 Å². The van der Waals surface area contributed by atoms with Gasteiger partial charge in [-0.2, -0.15) is 0 Å². The lowest BCUT2D eigenvalue weighted by atomic mass is 10.2. The third-order valence-corrected chi connectivity index (χ3v) is 3.87. The van der Waals surface area contributed by atoms with Crippen LogP contribution in [0.2, 0.25) is 5.02 Å². The highest BCUT2D eigenvalue weighted by Gasteiger charge is 2.03. The number of nitrogens with zero attached hydrogens (tertiary/aromatic N) is 1. The summed E-state index contributed by atoms with van der Waals surface area (Å²) in [6.07, 6.45) is 2.54. The molecule has 3 rings (SSSR count). The average Bonchev–Trinajstić information content (AvgIpc) is 2.55. The van der Waals surface area contributed by atoms with Crippen LogP contribution >= 0.6 is 11.6 Å². The number of benzene rings is 2. The first-order chi connectivity index (χ1) is 11.1. The van der Waals surface area contributed by atoms with Crippen LogP contribution in [0.25, 0.3) is 10.8 Å². The summed E-state index contributed by atoms with van der Waals surface area (Å²) in [5.41, 5.74) is 6.33. The number of aryl methyl sites for hydroxylation is 1. The summed E-state index contributed by atoms with van der Waals surface area (Å²) < 4.78 is 7.33. The van der Waals surface area contributed by atoms with Crippen LogP contribution in [0.4, 0.5) is 5.69 Å². The molecule has 0 amide bonds. The summed E-state index contributed by atoms with van der Waals surface area (Å²) in [5, 5.41) is 2.17. The summed E-state index contributed by atoms with van der Waals surface area (Å²) in [5.74, 6) is 0.778. The van der Waals surface area contributed by atoms with E-state index in [0.29, 0.717) is 29.2 Å². The number of hydrogen-bond acceptors (Lipinski definition) is 3. The lowest BCUT2D eigenvalue weighted by Gasteiger charge is -2.09. The van der Waals surface area contributed by atoms with Crippen molar-refractivity contribution in [2.45, 2.75) is 13.0 Å². The van der Waals surface area contributed by atoms with Gasteiger partial charge in [-0.25, -0.2) is 0 Å². The standard InChI is InChI=1S/C18H17ClN2O2/c19-14-2-7-17-13(12-14)8-10-21(18(17)22)9-1-11-23-16-5-3-15(20)4-6-16/h2-8,10,12H,1,9,11,20H2. The van der Waals surface area contributed by atoms with Crippen molar-refractivity contribution in [1.82, 2.24) is 4.57 Å². The van der Waals surface area contributed by atoms with Gasteiger partial charge in [0, 0.05) is 28.8 Å². The Morgan fingerprint density at radius 3 is 2.65 bits per heavy atom.